The Morgan fingerprint density at radius 3 is 2.52 bits per heavy atom. The molecule has 8 heteroatoms. The maximum absolute atomic E-state index is 12.6. The summed E-state index contributed by atoms with van der Waals surface area (Å²) >= 11 is 1.58. The number of rotatable bonds is 10. The predicted molar refractivity (Wildman–Crippen MR) is 129 cm³/mol. The summed E-state index contributed by atoms with van der Waals surface area (Å²) in [7, 11) is 1.61. The van der Waals surface area contributed by atoms with Crippen LogP contribution in [0.4, 0.5) is 5.69 Å². The minimum atomic E-state index is -0.149. The Hall–Kier alpha value is -3.49. The van der Waals surface area contributed by atoms with Gasteiger partial charge in [0.2, 0.25) is 5.89 Å². The van der Waals surface area contributed by atoms with Gasteiger partial charge in [-0.25, -0.2) is 0 Å². The molecule has 170 valence electrons. The van der Waals surface area contributed by atoms with Gasteiger partial charge in [-0.05, 0) is 66.4 Å². The second kappa shape index (κ2) is 10.9. The average Bonchev–Trinajstić information content (AvgIpc) is 3.52. The summed E-state index contributed by atoms with van der Waals surface area (Å²) in [6, 6.07) is 18.9. The van der Waals surface area contributed by atoms with E-state index in [1.54, 1.807) is 18.4 Å². The molecule has 1 amide bonds. The number of thiophene rings is 1. The van der Waals surface area contributed by atoms with E-state index in [9.17, 15) is 4.79 Å². The van der Waals surface area contributed by atoms with E-state index in [0.29, 0.717) is 23.9 Å². The van der Waals surface area contributed by atoms with E-state index < -0.39 is 0 Å². The molecule has 0 atom stereocenters. The molecule has 7 nitrogen and oxygen atoms in total. The van der Waals surface area contributed by atoms with Gasteiger partial charge < -0.3 is 14.5 Å². The molecule has 2 aromatic carbocycles. The number of hydrogen-bond donors (Lipinski definition) is 1. The quantitative estimate of drug-likeness (QED) is 0.337. The summed E-state index contributed by atoms with van der Waals surface area (Å²) in [4.78, 5) is 15.8. The highest BCUT2D eigenvalue weighted by atomic mass is 32.1. The highest BCUT2D eigenvalue weighted by molar-refractivity contribution is 7.13. The Balaban J connectivity index is 1.36. The van der Waals surface area contributed by atoms with Gasteiger partial charge >= 0.3 is 0 Å². The highest BCUT2D eigenvalue weighted by Gasteiger charge is 2.14. The third-order valence-corrected chi connectivity index (χ3v) is 5.93. The molecule has 0 aliphatic heterocycles. The van der Waals surface area contributed by atoms with Crippen molar-refractivity contribution in [3.8, 4) is 16.5 Å². The molecule has 0 unspecified atom stereocenters. The number of nitrogens with zero attached hydrogens (tertiary/aromatic N) is 3. The molecule has 0 aliphatic rings. The lowest BCUT2D eigenvalue weighted by Gasteiger charge is -2.20. The van der Waals surface area contributed by atoms with Crippen molar-refractivity contribution in [1.82, 2.24) is 15.1 Å². The number of hydrogen-bond acceptors (Lipinski definition) is 7. The maximum Gasteiger partial charge on any atom is 0.257 e. The van der Waals surface area contributed by atoms with Crippen molar-refractivity contribution in [3.63, 3.8) is 0 Å². The SMILES string of the molecule is CCCN(Cc1ccc(C(=O)Nc2ccc(OC)cc2)cc1)Cc1nnc(-c2cccs2)o1. The van der Waals surface area contributed by atoms with Gasteiger partial charge in [0.25, 0.3) is 11.8 Å². The van der Waals surface area contributed by atoms with Crippen molar-refractivity contribution >= 4 is 22.9 Å². The lowest BCUT2D eigenvalue weighted by molar-refractivity contribution is 0.102. The number of methoxy groups -OCH3 is 1. The number of anilines is 1. The third kappa shape index (κ3) is 6.06. The molecule has 4 rings (SSSR count). The molecule has 0 saturated carbocycles. The molecule has 0 spiro atoms. The summed E-state index contributed by atoms with van der Waals surface area (Å²) in [6.45, 7) is 4.35. The number of ether oxygens (including phenoxy) is 1. The highest BCUT2D eigenvalue weighted by Crippen LogP contribution is 2.23. The topological polar surface area (TPSA) is 80.5 Å². The maximum atomic E-state index is 12.6. The van der Waals surface area contributed by atoms with Crippen molar-refractivity contribution in [3.05, 3.63) is 83.1 Å². The largest absolute Gasteiger partial charge is 0.497 e. The number of amides is 1. The molecule has 0 aliphatic carbocycles. The van der Waals surface area contributed by atoms with Gasteiger partial charge in [-0.3, -0.25) is 9.69 Å². The van der Waals surface area contributed by atoms with E-state index in [0.717, 1.165) is 41.4 Å². The van der Waals surface area contributed by atoms with Gasteiger partial charge in [0.1, 0.15) is 5.75 Å². The normalized spacial score (nSPS) is 11.0. The van der Waals surface area contributed by atoms with Gasteiger partial charge in [-0.15, -0.1) is 21.5 Å². The van der Waals surface area contributed by atoms with E-state index in [2.05, 4.69) is 27.3 Å². The fraction of sp³-hybridized carbons (Fsp3) is 0.240. The van der Waals surface area contributed by atoms with Crippen LogP contribution in [0.2, 0.25) is 0 Å². The van der Waals surface area contributed by atoms with Gasteiger partial charge in [0, 0.05) is 17.8 Å². The van der Waals surface area contributed by atoms with Crippen LogP contribution in [0.3, 0.4) is 0 Å². The summed E-state index contributed by atoms with van der Waals surface area (Å²) in [5, 5.41) is 13.3. The zero-order valence-corrected chi connectivity index (χ0v) is 19.5. The predicted octanol–water partition coefficient (Wildman–Crippen LogP) is 5.47. The first kappa shape index (κ1) is 22.7. The monoisotopic (exact) mass is 462 g/mol. The summed E-state index contributed by atoms with van der Waals surface area (Å²) in [6.07, 6.45) is 1.01. The van der Waals surface area contributed by atoms with Crippen LogP contribution in [0.15, 0.2) is 70.5 Å². The summed E-state index contributed by atoms with van der Waals surface area (Å²) in [5.74, 6) is 1.76. The number of nitrogens with one attached hydrogen (secondary N) is 1. The van der Waals surface area contributed by atoms with Crippen LogP contribution >= 0.6 is 11.3 Å². The molecule has 0 saturated heterocycles. The van der Waals surface area contributed by atoms with Crippen LogP contribution < -0.4 is 10.1 Å². The van der Waals surface area contributed by atoms with Crippen molar-refractivity contribution in [2.75, 3.05) is 19.0 Å². The number of benzene rings is 2. The summed E-state index contributed by atoms with van der Waals surface area (Å²) in [5.41, 5.74) is 2.44. The van der Waals surface area contributed by atoms with Gasteiger partial charge in [-0.1, -0.05) is 25.1 Å². The van der Waals surface area contributed by atoms with E-state index in [4.69, 9.17) is 9.15 Å². The number of carbonyl (C=O) groups excluding carboxylic acids is 1. The van der Waals surface area contributed by atoms with Gasteiger partial charge in [0.05, 0.1) is 18.5 Å². The second-order valence-electron chi connectivity index (χ2n) is 7.57. The molecule has 1 N–H and O–H groups in total. The molecule has 2 aromatic heterocycles. The van der Waals surface area contributed by atoms with Crippen LogP contribution in [0.5, 0.6) is 5.75 Å². The zero-order valence-electron chi connectivity index (χ0n) is 18.7. The van der Waals surface area contributed by atoms with Crippen LogP contribution in [-0.2, 0) is 13.1 Å². The van der Waals surface area contributed by atoms with Crippen molar-refractivity contribution < 1.29 is 13.9 Å². The minimum Gasteiger partial charge on any atom is -0.497 e. The molecule has 0 fully saturated rings. The van der Waals surface area contributed by atoms with E-state index in [1.165, 1.54) is 0 Å². The average molecular weight is 463 g/mol. The lowest BCUT2D eigenvalue weighted by atomic mass is 10.1. The van der Waals surface area contributed by atoms with Crippen molar-refractivity contribution in [2.24, 2.45) is 0 Å². The Kier molecular flexibility index (Phi) is 7.49. The van der Waals surface area contributed by atoms with Gasteiger partial charge in [0.15, 0.2) is 0 Å². The fourth-order valence-electron chi connectivity index (χ4n) is 3.44. The standard InChI is InChI=1S/C25H26N4O3S/c1-3-14-29(17-23-27-28-25(32-23)22-5-4-15-33-22)16-18-6-8-19(9-7-18)24(30)26-20-10-12-21(31-2)13-11-20/h4-13,15H,3,14,16-17H2,1-2H3,(H,26,30). The van der Waals surface area contributed by atoms with Crippen LogP contribution in [0.25, 0.3) is 10.8 Å². The molecular formula is C25H26N4O3S. The van der Waals surface area contributed by atoms with Crippen LogP contribution in [0, 0.1) is 0 Å². The van der Waals surface area contributed by atoms with Crippen molar-refractivity contribution in [1.29, 1.82) is 0 Å². The Morgan fingerprint density at radius 1 is 1.06 bits per heavy atom. The Bertz CT molecular complexity index is 1160. The van der Waals surface area contributed by atoms with E-state index in [-0.39, 0.29) is 5.91 Å². The molecule has 0 radical (unpaired) electrons. The third-order valence-electron chi connectivity index (χ3n) is 5.07. The molecular weight excluding hydrogens is 436 g/mol. The molecule has 0 bridgehead atoms. The second-order valence-corrected chi connectivity index (χ2v) is 8.52. The van der Waals surface area contributed by atoms with Crippen molar-refractivity contribution in [2.45, 2.75) is 26.4 Å². The zero-order chi connectivity index (χ0) is 23.0. The Labute approximate surface area is 197 Å². The molecule has 4 aromatic rings. The lowest BCUT2D eigenvalue weighted by Crippen LogP contribution is -2.24. The summed E-state index contributed by atoms with van der Waals surface area (Å²) < 4.78 is 11.0. The Morgan fingerprint density at radius 2 is 1.85 bits per heavy atom. The smallest absolute Gasteiger partial charge is 0.257 e. The minimum absolute atomic E-state index is 0.149. The van der Waals surface area contributed by atoms with Crippen LogP contribution in [0.1, 0.15) is 35.2 Å². The number of aromatic nitrogens is 2. The number of carbonyl (C=O) groups is 1. The first-order valence-electron chi connectivity index (χ1n) is 10.8. The van der Waals surface area contributed by atoms with E-state index in [1.807, 2.05) is 66.0 Å². The fourth-order valence-corrected chi connectivity index (χ4v) is 4.08. The van der Waals surface area contributed by atoms with E-state index >= 15 is 0 Å². The first-order valence-corrected chi connectivity index (χ1v) is 11.7. The van der Waals surface area contributed by atoms with Crippen LogP contribution in [-0.4, -0.2) is 34.7 Å². The molecule has 2 heterocycles. The van der Waals surface area contributed by atoms with Gasteiger partial charge in [-0.2, -0.15) is 0 Å². The first-order chi connectivity index (χ1) is 16.1. The molecule has 33 heavy (non-hydrogen) atoms.